The van der Waals surface area contributed by atoms with Crippen LogP contribution in [0.25, 0.3) is 0 Å². The Morgan fingerprint density at radius 2 is 1.94 bits per heavy atom. The number of aryl methyl sites for hydroxylation is 2. The van der Waals surface area contributed by atoms with E-state index in [1.807, 2.05) is 6.92 Å². The van der Waals surface area contributed by atoms with Gasteiger partial charge in [-0.1, -0.05) is 23.4 Å². The summed E-state index contributed by atoms with van der Waals surface area (Å²) in [6.07, 6.45) is 2.33. The Bertz CT molecular complexity index is 605. The monoisotopic (exact) mass is 265 g/mol. The first kappa shape index (κ1) is 12.8. The van der Waals surface area contributed by atoms with Gasteiger partial charge in [0.2, 0.25) is 0 Å². The molecule has 1 heterocycles. The molecule has 1 aromatic heterocycles. The van der Waals surface area contributed by atoms with E-state index in [-0.39, 0.29) is 5.75 Å². The number of sulfone groups is 1. The van der Waals surface area contributed by atoms with Crippen molar-refractivity contribution in [1.29, 1.82) is 0 Å². The van der Waals surface area contributed by atoms with E-state index in [1.54, 1.807) is 41.2 Å². The lowest BCUT2D eigenvalue weighted by Crippen LogP contribution is -2.10. The third-order valence-corrected chi connectivity index (χ3v) is 4.37. The van der Waals surface area contributed by atoms with Gasteiger partial charge in [-0.25, -0.2) is 8.42 Å². The molecule has 0 N–H and O–H groups in total. The van der Waals surface area contributed by atoms with Crippen molar-refractivity contribution in [1.82, 2.24) is 15.0 Å². The second kappa shape index (κ2) is 5.30. The molecule has 2 aromatic rings. The number of aromatic nitrogens is 3. The minimum absolute atomic E-state index is 0.121. The number of hydrogen-bond donors (Lipinski definition) is 0. The molecule has 0 amide bonds. The van der Waals surface area contributed by atoms with E-state index >= 15 is 0 Å². The van der Waals surface area contributed by atoms with E-state index in [0.29, 0.717) is 17.9 Å². The molecule has 0 saturated heterocycles. The van der Waals surface area contributed by atoms with Gasteiger partial charge in [0.1, 0.15) is 0 Å². The molecule has 0 atom stereocenters. The number of hydrogen-bond acceptors (Lipinski definition) is 4. The first-order valence-electron chi connectivity index (χ1n) is 5.72. The van der Waals surface area contributed by atoms with Gasteiger partial charge in [-0.05, 0) is 25.5 Å². The van der Waals surface area contributed by atoms with Crippen molar-refractivity contribution in [2.24, 2.45) is 0 Å². The second-order valence-corrected chi connectivity index (χ2v) is 6.22. The van der Waals surface area contributed by atoms with E-state index in [1.165, 1.54) is 0 Å². The van der Waals surface area contributed by atoms with Gasteiger partial charge in [-0.15, -0.1) is 5.10 Å². The maximum absolute atomic E-state index is 12.0. The van der Waals surface area contributed by atoms with E-state index in [2.05, 4.69) is 10.3 Å². The highest BCUT2D eigenvalue weighted by Gasteiger charge is 2.13. The van der Waals surface area contributed by atoms with Crippen LogP contribution in [-0.2, 0) is 16.4 Å². The summed E-state index contributed by atoms with van der Waals surface area (Å²) in [7, 11) is -3.19. The Kier molecular flexibility index (Phi) is 3.76. The topological polar surface area (TPSA) is 64.8 Å². The second-order valence-electron chi connectivity index (χ2n) is 4.11. The molecule has 0 saturated carbocycles. The zero-order chi connectivity index (χ0) is 13.0. The Hall–Kier alpha value is -1.69. The Labute approximate surface area is 106 Å². The normalized spacial score (nSPS) is 11.6. The van der Waals surface area contributed by atoms with Crippen molar-refractivity contribution in [2.45, 2.75) is 24.8 Å². The standard InChI is InChI=1S/C12H15N3O2S/c1-11-10-15(14-13-11)8-5-9-18(16,17)12-6-3-2-4-7-12/h2-4,6-7,10H,5,8-9H2,1H3. The van der Waals surface area contributed by atoms with Gasteiger partial charge in [0.25, 0.3) is 0 Å². The molecule has 0 unspecified atom stereocenters. The van der Waals surface area contributed by atoms with Crippen LogP contribution in [0.1, 0.15) is 12.1 Å². The molecule has 2 rings (SSSR count). The molecular formula is C12H15N3O2S. The van der Waals surface area contributed by atoms with Crippen LogP contribution in [0.4, 0.5) is 0 Å². The molecule has 18 heavy (non-hydrogen) atoms. The minimum Gasteiger partial charge on any atom is -0.252 e. The highest BCUT2D eigenvalue weighted by atomic mass is 32.2. The van der Waals surface area contributed by atoms with Gasteiger partial charge in [0, 0.05) is 12.7 Å². The predicted octanol–water partition coefficient (Wildman–Crippen LogP) is 1.45. The molecule has 0 bridgehead atoms. The van der Waals surface area contributed by atoms with Gasteiger partial charge in [0.15, 0.2) is 9.84 Å². The van der Waals surface area contributed by atoms with Crippen LogP contribution in [-0.4, -0.2) is 29.2 Å². The van der Waals surface area contributed by atoms with E-state index in [4.69, 9.17) is 0 Å². The zero-order valence-electron chi connectivity index (χ0n) is 10.2. The fourth-order valence-corrected chi connectivity index (χ4v) is 2.98. The van der Waals surface area contributed by atoms with E-state index < -0.39 is 9.84 Å². The highest BCUT2D eigenvalue weighted by Crippen LogP contribution is 2.11. The lowest BCUT2D eigenvalue weighted by atomic mass is 10.4. The molecule has 0 spiro atoms. The van der Waals surface area contributed by atoms with Crippen LogP contribution < -0.4 is 0 Å². The summed E-state index contributed by atoms with van der Waals surface area (Å²) in [5.74, 6) is 0.121. The molecule has 0 aliphatic rings. The van der Waals surface area contributed by atoms with Crippen molar-refractivity contribution >= 4 is 9.84 Å². The Balaban J connectivity index is 1.94. The van der Waals surface area contributed by atoms with Crippen LogP contribution in [0.5, 0.6) is 0 Å². The van der Waals surface area contributed by atoms with Gasteiger partial charge in [-0.3, -0.25) is 4.68 Å². The van der Waals surface area contributed by atoms with Gasteiger partial charge < -0.3 is 0 Å². The number of benzene rings is 1. The van der Waals surface area contributed by atoms with Crippen LogP contribution in [0.15, 0.2) is 41.4 Å². The van der Waals surface area contributed by atoms with Crippen LogP contribution in [0, 0.1) is 6.92 Å². The molecule has 5 nitrogen and oxygen atoms in total. The fraction of sp³-hybridized carbons (Fsp3) is 0.333. The molecular weight excluding hydrogens is 250 g/mol. The SMILES string of the molecule is Cc1cn(CCCS(=O)(=O)c2ccccc2)nn1. The largest absolute Gasteiger partial charge is 0.252 e. The summed E-state index contributed by atoms with van der Waals surface area (Å²) in [4.78, 5) is 0.375. The van der Waals surface area contributed by atoms with Gasteiger partial charge >= 0.3 is 0 Å². The van der Waals surface area contributed by atoms with Crippen molar-refractivity contribution in [3.8, 4) is 0 Å². The highest BCUT2D eigenvalue weighted by molar-refractivity contribution is 7.91. The van der Waals surface area contributed by atoms with Crippen molar-refractivity contribution in [3.63, 3.8) is 0 Å². The van der Waals surface area contributed by atoms with Crippen molar-refractivity contribution in [2.75, 3.05) is 5.75 Å². The van der Waals surface area contributed by atoms with Gasteiger partial charge in [-0.2, -0.15) is 0 Å². The predicted molar refractivity (Wildman–Crippen MR) is 67.9 cm³/mol. The lowest BCUT2D eigenvalue weighted by Gasteiger charge is -2.04. The summed E-state index contributed by atoms with van der Waals surface area (Å²) in [6.45, 7) is 2.41. The molecule has 6 heteroatoms. The van der Waals surface area contributed by atoms with E-state index in [0.717, 1.165) is 5.69 Å². The summed E-state index contributed by atoms with van der Waals surface area (Å²) < 4.78 is 25.6. The van der Waals surface area contributed by atoms with Gasteiger partial charge in [0.05, 0.1) is 16.3 Å². The summed E-state index contributed by atoms with van der Waals surface area (Å²) in [5.41, 5.74) is 0.834. The maximum Gasteiger partial charge on any atom is 0.178 e. The first-order chi connectivity index (χ1) is 8.58. The summed E-state index contributed by atoms with van der Waals surface area (Å²) in [6, 6.07) is 8.50. The number of rotatable bonds is 5. The smallest absolute Gasteiger partial charge is 0.178 e. The molecule has 1 aromatic carbocycles. The molecule has 0 aliphatic heterocycles. The van der Waals surface area contributed by atoms with Crippen molar-refractivity contribution in [3.05, 3.63) is 42.2 Å². The third kappa shape index (κ3) is 3.16. The minimum atomic E-state index is -3.19. The van der Waals surface area contributed by atoms with Crippen LogP contribution >= 0.6 is 0 Å². The zero-order valence-corrected chi connectivity index (χ0v) is 11.0. The first-order valence-corrected chi connectivity index (χ1v) is 7.38. The van der Waals surface area contributed by atoms with E-state index in [9.17, 15) is 8.42 Å². The Morgan fingerprint density at radius 3 is 2.56 bits per heavy atom. The molecule has 96 valence electrons. The van der Waals surface area contributed by atoms with Crippen LogP contribution in [0.2, 0.25) is 0 Å². The quantitative estimate of drug-likeness (QED) is 0.820. The Morgan fingerprint density at radius 1 is 1.22 bits per heavy atom. The maximum atomic E-state index is 12.0. The average Bonchev–Trinajstić information content (AvgIpc) is 2.76. The fourth-order valence-electron chi connectivity index (χ4n) is 1.67. The third-order valence-electron chi connectivity index (χ3n) is 2.56. The number of nitrogens with zero attached hydrogens (tertiary/aromatic N) is 3. The average molecular weight is 265 g/mol. The summed E-state index contributed by atoms with van der Waals surface area (Å²) >= 11 is 0. The molecule has 0 fully saturated rings. The summed E-state index contributed by atoms with van der Waals surface area (Å²) in [5, 5.41) is 7.73. The molecule has 0 radical (unpaired) electrons. The van der Waals surface area contributed by atoms with Crippen molar-refractivity contribution < 1.29 is 8.42 Å². The lowest BCUT2D eigenvalue weighted by molar-refractivity contribution is 0.561. The van der Waals surface area contributed by atoms with Crippen LogP contribution in [0.3, 0.4) is 0 Å². The molecule has 0 aliphatic carbocycles.